The Labute approximate surface area is 358 Å². The molecule has 3 unspecified atom stereocenters. The van der Waals surface area contributed by atoms with Crippen LogP contribution < -0.4 is 4.74 Å². The molecule has 3 fully saturated rings. The number of unbranched alkanes of at least 4 members (excludes halogenated alkanes) is 4. The lowest BCUT2D eigenvalue weighted by Gasteiger charge is -2.53. The number of ether oxygens (including phenoxy) is 1. The normalized spacial score (nSPS) is 28.5. The van der Waals surface area contributed by atoms with Gasteiger partial charge in [-0.2, -0.15) is 39.5 Å². The summed E-state index contributed by atoms with van der Waals surface area (Å²) < 4.78 is 130. The van der Waals surface area contributed by atoms with Gasteiger partial charge in [0.1, 0.15) is 5.75 Å². The molecule has 0 bridgehead atoms. The number of halogens is 9. The Kier molecular flexibility index (Phi) is 14.2. The number of imide groups is 1. The van der Waals surface area contributed by atoms with Gasteiger partial charge in [0.05, 0.1) is 25.3 Å². The molecule has 6 nitrogen and oxygen atoms in total. The summed E-state index contributed by atoms with van der Waals surface area (Å²) in [6.45, 7) is 3.91. The molecule has 0 spiro atoms. The van der Waals surface area contributed by atoms with Crippen LogP contribution in [-0.2, 0) is 11.2 Å². The van der Waals surface area contributed by atoms with E-state index in [2.05, 4.69) is 31.2 Å². The zero-order chi connectivity index (χ0) is 45.4. The summed E-state index contributed by atoms with van der Waals surface area (Å²) in [5.74, 6) is -19.7. The quantitative estimate of drug-likeness (QED) is 0.0976. The number of alkyl halides is 9. The van der Waals surface area contributed by atoms with Gasteiger partial charge in [-0.05, 0) is 129 Å². The highest BCUT2D eigenvalue weighted by atomic mass is 19.4. The van der Waals surface area contributed by atoms with Gasteiger partial charge in [0.2, 0.25) is 5.91 Å². The number of hydrogen-bond acceptors (Lipinski definition) is 4. The second-order valence-electron chi connectivity index (χ2n) is 18.4. The van der Waals surface area contributed by atoms with Gasteiger partial charge < -0.3 is 14.7 Å². The van der Waals surface area contributed by atoms with Crippen molar-refractivity contribution in [3.05, 3.63) is 77.4 Å². The van der Waals surface area contributed by atoms with Gasteiger partial charge in [0.15, 0.2) is 0 Å². The number of allylic oxidation sites excluding steroid dienone is 2. The Hall–Kier alpha value is -3.75. The molecule has 0 radical (unpaired) electrons. The molecule has 344 valence electrons. The predicted molar refractivity (Wildman–Crippen MR) is 216 cm³/mol. The van der Waals surface area contributed by atoms with Gasteiger partial charge in [-0.1, -0.05) is 74.7 Å². The maximum atomic E-state index is 14.8. The number of amides is 3. The third kappa shape index (κ3) is 8.86. The van der Waals surface area contributed by atoms with Gasteiger partial charge in [-0.3, -0.25) is 9.69 Å². The van der Waals surface area contributed by atoms with Crippen LogP contribution in [0.5, 0.6) is 5.75 Å². The fraction of sp³-hybridized carbons (Fsp3) is 0.660. The van der Waals surface area contributed by atoms with Gasteiger partial charge in [0, 0.05) is 19.4 Å². The van der Waals surface area contributed by atoms with E-state index in [0.717, 1.165) is 62.0 Å². The van der Waals surface area contributed by atoms with Crippen LogP contribution in [0.4, 0.5) is 44.3 Å². The van der Waals surface area contributed by atoms with E-state index in [0.29, 0.717) is 42.1 Å². The lowest BCUT2D eigenvalue weighted by Crippen LogP contribution is -2.60. The van der Waals surface area contributed by atoms with Crippen molar-refractivity contribution in [3.63, 3.8) is 0 Å². The highest BCUT2D eigenvalue weighted by molar-refractivity contribution is 5.98. The number of methoxy groups -OCH3 is 1. The lowest BCUT2D eigenvalue weighted by molar-refractivity contribution is -0.396. The second-order valence-corrected chi connectivity index (χ2v) is 18.4. The van der Waals surface area contributed by atoms with Gasteiger partial charge in [0.25, 0.3) is 0 Å². The predicted octanol–water partition coefficient (Wildman–Crippen LogP) is 12.3. The molecule has 1 N–H and O–H groups in total. The molecule has 1 aliphatic heterocycles. The van der Waals surface area contributed by atoms with Crippen molar-refractivity contribution in [3.8, 4) is 5.75 Å². The fourth-order valence-electron chi connectivity index (χ4n) is 11.2. The number of aliphatic hydroxyl groups excluding tert-OH is 1. The number of benzene rings is 2. The first-order valence-electron chi connectivity index (χ1n) is 21.9. The highest BCUT2D eigenvalue weighted by Crippen LogP contribution is 2.63. The minimum Gasteiger partial charge on any atom is -0.497 e. The van der Waals surface area contributed by atoms with Gasteiger partial charge >= 0.3 is 30.0 Å². The largest absolute Gasteiger partial charge is 0.497 e. The average molecular weight is 887 g/mol. The number of likely N-dealkylation sites (N-methyl/N-ethyl adjacent to an activating group) is 1. The number of carbonyl (C=O) groups is 2. The summed E-state index contributed by atoms with van der Waals surface area (Å²) in [6, 6.07) is 12.5. The van der Waals surface area contributed by atoms with Gasteiger partial charge in [-0.15, -0.1) is 0 Å². The summed E-state index contributed by atoms with van der Waals surface area (Å²) in [6.07, 6.45) is 2.09. The number of rotatable bonds is 17. The molecule has 3 amide bonds. The molecule has 15 heteroatoms. The Bertz CT molecular complexity index is 1910. The van der Waals surface area contributed by atoms with Crippen molar-refractivity contribution in [2.24, 2.45) is 29.1 Å². The molecule has 3 aliphatic carbocycles. The van der Waals surface area contributed by atoms with Crippen LogP contribution in [0.3, 0.4) is 0 Å². The molecule has 2 aromatic carbocycles. The van der Waals surface area contributed by atoms with E-state index in [1.165, 1.54) is 23.1 Å². The third-order valence-corrected chi connectivity index (χ3v) is 14.9. The van der Waals surface area contributed by atoms with E-state index in [-0.39, 0.29) is 24.4 Å². The van der Waals surface area contributed by atoms with Crippen molar-refractivity contribution < 1.29 is 58.9 Å². The van der Waals surface area contributed by atoms with Gasteiger partial charge in [-0.25, -0.2) is 4.79 Å². The molecule has 62 heavy (non-hydrogen) atoms. The average Bonchev–Trinajstić information content (AvgIpc) is 3.66. The number of urea groups is 1. The molecule has 0 aromatic heterocycles. The van der Waals surface area contributed by atoms with E-state index in [4.69, 9.17) is 4.74 Å². The van der Waals surface area contributed by atoms with E-state index < -0.39 is 66.7 Å². The van der Waals surface area contributed by atoms with E-state index in [1.54, 1.807) is 44.4 Å². The molecule has 6 rings (SSSR count). The molecule has 1 saturated heterocycles. The van der Waals surface area contributed by atoms with Crippen molar-refractivity contribution in [2.75, 3.05) is 14.2 Å². The Morgan fingerprint density at radius 3 is 2.29 bits per heavy atom. The Balaban J connectivity index is 1.09. The van der Waals surface area contributed by atoms with E-state index >= 15 is 0 Å². The number of aliphatic hydroxyl groups is 1. The summed E-state index contributed by atoms with van der Waals surface area (Å²) in [5, 5.41) is 11.0. The highest BCUT2D eigenvalue weighted by Gasteiger charge is 2.81. The summed E-state index contributed by atoms with van der Waals surface area (Å²) in [4.78, 5) is 29.6. The van der Waals surface area contributed by atoms with Crippen molar-refractivity contribution in [1.82, 2.24) is 9.80 Å². The molecule has 2 saturated carbocycles. The molecular formula is C47H59F9N2O4. The van der Waals surface area contributed by atoms with Crippen LogP contribution in [0.15, 0.2) is 60.7 Å². The Morgan fingerprint density at radius 2 is 1.61 bits per heavy atom. The summed E-state index contributed by atoms with van der Waals surface area (Å²) in [5.41, 5.74) is 3.14. The monoisotopic (exact) mass is 886 g/mol. The minimum absolute atomic E-state index is 0.0904. The minimum atomic E-state index is -7.03. The third-order valence-electron chi connectivity index (χ3n) is 14.9. The molecule has 4 aliphatic rings. The first kappa shape index (κ1) is 47.7. The number of carbonyl (C=O) groups excluding carboxylic acids is 2. The molecule has 1 heterocycles. The van der Waals surface area contributed by atoms with Crippen LogP contribution in [0.1, 0.15) is 126 Å². The van der Waals surface area contributed by atoms with Crippen LogP contribution in [0.2, 0.25) is 0 Å². The summed E-state index contributed by atoms with van der Waals surface area (Å²) in [7, 11) is 3.10. The first-order valence-corrected chi connectivity index (χ1v) is 21.9. The van der Waals surface area contributed by atoms with Crippen LogP contribution in [0, 0.1) is 29.1 Å². The number of fused-ring (bicyclic) bond motifs is 5. The smallest absolute Gasteiger partial charge is 0.460 e. The lowest BCUT2D eigenvalue weighted by atomic mass is 9.52. The van der Waals surface area contributed by atoms with E-state index in [1.807, 2.05) is 6.07 Å². The zero-order valence-corrected chi connectivity index (χ0v) is 35.8. The second kappa shape index (κ2) is 18.4. The van der Waals surface area contributed by atoms with Crippen molar-refractivity contribution in [2.45, 2.75) is 152 Å². The number of hydrogen-bond donors (Lipinski definition) is 1. The molecule has 2 aromatic rings. The zero-order valence-electron chi connectivity index (χ0n) is 35.8. The molecular weight excluding hydrogens is 828 g/mol. The maximum absolute atomic E-state index is 14.8. The Morgan fingerprint density at radius 1 is 0.919 bits per heavy atom. The topological polar surface area (TPSA) is 70.1 Å². The van der Waals surface area contributed by atoms with Crippen LogP contribution in [-0.4, -0.2) is 77.1 Å². The van der Waals surface area contributed by atoms with Crippen molar-refractivity contribution in [1.29, 1.82) is 0 Å². The van der Waals surface area contributed by atoms with Crippen molar-refractivity contribution >= 4 is 11.9 Å². The number of nitrogens with zero attached hydrogens (tertiary/aromatic N) is 2. The van der Waals surface area contributed by atoms with E-state index in [9.17, 15) is 54.2 Å². The fourth-order valence-corrected chi connectivity index (χ4v) is 11.2. The molecule has 9 atom stereocenters. The SMILES string of the molecule is COc1ccc2c(c1)C[C@@H](CC=CCCCCCC[C@H](CCC(F)(F)C(F)(F)C(F)(F)C(F)(F)F)C(=O)N1C(=O)N(C)[C@@H](C)[C@H]1c1ccccc1)C1C2CC[C@@]2(C)C1CC[C@@H]2O. The maximum Gasteiger partial charge on any atom is 0.460 e. The van der Waals surface area contributed by atoms with Crippen LogP contribution >= 0.6 is 0 Å². The first-order chi connectivity index (χ1) is 29.1. The van der Waals surface area contributed by atoms with Crippen LogP contribution in [0.25, 0.3) is 0 Å². The standard InChI is InChI=1S/C47H59F9N2O4/c1-29-40(30-15-13-10-14-16-30)58(42(61)57(29)3)41(60)31(23-26-44(48,49)45(50,51)46(52,53)47(54,55)56)17-11-8-6-5-7-9-12-18-32-27-33-28-34(62-4)19-20-35(33)36-24-25-43(2)37(39(32)36)21-22-38(43)59/h9-10,12-16,19-20,28-29,31-32,36-40,59H,5-8,11,17-18,21-27H2,1-4H3/t29-,31+,32+,36?,37?,38-,39?,40-,43-/m0/s1. The summed E-state index contributed by atoms with van der Waals surface area (Å²) >= 11 is 0.